The summed E-state index contributed by atoms with van der Waals surface area (Å²) in [6.45, 7) is 5.15. The first-order valence-corrected chi connectivity index (χ1v) is 8.17. The molecule has 0 spiro atoms. The Hall–Kier alpha value is -0.980. The second-order valence-electron chi connectivity index (χ2n) is 4.90. The van der Waals surface area contributed by atoms with Crippen LogP contribution in [0.2, 0.25) is 0 Å². The molecule has 2 rings (SSSR count). The quantitative estimate of drug-likeness (QED) is 0.896. The van der Waals surface area contributed by atoms with Crippen molar-refractivity contribution in [2.75, 3.05) is 13.1 Å². The van der Waals surface area contributed by atoms with Gasteiger partial charge < -0.3 is 0 Å². The summed E-state index contributed by atoms with van der Waals surface area (Å²) in [6, 6.07) is 3.56. The van der Waals surface area contributed by atoms with Gasteiger partial charge >= 0.3 is 0 Å². The van der Waals surface area contributed by atoms with Crippen LogP contribution in [-0.4, -0.2) is 30.8 Å². The summed E-state index contributed by atoms with van der Waals surface area (Å²) >= 11 is 0. The zero-order valence-corrected chi connectivity index (χ0v) is 12.3. The summed E-state index contributed by atoms with van der Waals surface area (Å²) in [7, 11) is -3.39. The zero-order valence-electron chi connectivity index (χ0n) is 11.5. The molecular weight excluding hydrogens is 262 g/mol. The second kappa shape index (κ2) is 5.98. The number of hydrogen-bond donors (Lipinski definition) is 1. The van der Waals surface area contributed by atoms with Crippen molar-refractivity contribution in [2.24, 2.45) is 0 Å². The highest BCUT2D eigenvalue weighted by atomic mass is 32.2. The highest BCUT2D eigenvalue weighted by molar-refractivity contribution is 7.87. The van der Waals surface area contributed by atoms with Gasteiger partial charge in [-0.2, -0.15) is 17.4 Å². The standard InChI is InChI=1S/C13H21N3O2S/c1-3-12(13-11(2)7-6-8-14-13)15-19(17,18)16-9-4-5-10-16/h6-8,12,15H,3-5,9-10H2,1-2H3/t12-/m1/s1. The summed E-state index contributed by atoms with van der Waals surface area (Å²) < 4.78 is 28.8. The first kappa shape index (κ1) is 14.4. The molecule has 2 heterocycles. The monoisotopic (exact) mass is 283 g/mol. The van der Waals surface area contributed by atoms with E-state index >= 15 is 0 Å². The Morgan fingerprint density at radius 3 is 2.68 bits per heavy atom. The molecule has 0 aromatic carbocycles. The molecule has 1 aromatic heterocycles. The number of rotatable bonds is 5. The van der Waals surface area contributed by atoms with Crippen molar-refractivity contribution in [1.29, 1.82) is 0 Å². The number of nitrogens with zero attached hydrogens (tertiary/aromatic N) is 2. The van der Waals surface area contributed by atoms with Gasteiger partial charge in [-0.1, -0.05) is 13.0 Å². The molecule has 1 aliphatic heterocycles. The molecule has 1 aromatic rings. The van der Waals surface area contributed by atoms with Crippen LogP contribution < -0.4 is 4.72 Å². The molecule has 106 valence electrons. The van der Waals surface area contributed by atoms with Crippen LogP contribution >= 0.6 is 0 Å². The van der Waals surface area contributed by atoms with E-state index in [2.05, 4.69) is 9.71 Å². The Kier molecular flexibility index (Phi) is 4.54. The first-order valence-electron chi connectivity index (χ1n) is 6.73. The van der Waals surface area contributed by atoms with E-state index in [1.807, 2.05) is 26.0 Å². The molecule has 1 aliphatic rings. The van der Waals surface area contributed by atoms with Crippen LogP contribution in [0, 0.1) is 6.92 Å². The van der Waals surface area contributed by atoms with Crippen LogP contribution in [0.1, 0.15) is 43.5 Å². The van der Waals surface area contributed by atoms with Crippen molar-refractivity contribution in [1.82, 2.24) is 14.0 Å². The van der Waals surface area contributed by atoms with Crippen LogP contribution in [0.4, 0.5) is 0 Å². The Morgan fingerprint density at radius 1 is 1.42 bits per heavy atom. The molecule has 0 bridgehead atoms. The van der Waals surface area contributed by atoms with Crippen LogP contribution in [0.25, 0.3) is 0 Å². The molecule has 6 heteroatoms. The van der Waals surface area contributed by atoms with Crippen LogP contribution in [-0.2, 0) is 10.2 Å². The topological polar surface area (TPSA) is 62.3 Å². The summed E-state index contributed by atoms with van der Waals surface area (Å²) in [5, 5.41) is 0. The molecule has 19 heavy (non-hydrogen) atoms. The molecule has 0 amide bonds. The van der Waals surface area contributed by atoms with Gasteiger partial charge in [0.1, 0.15) is 0 Å². The third-order valence-corrected chi connectivity index (χ3v) is 5.11. The Morgan fingerprint density at radius 2 is 2.11 bits per heavy atom. The van der Waals surface area contributed by atoms with Gasteiger partial charge in [-0.3, -0.25) is 4.98 Å². The lowest BCUT2D eigenvalue weighted by atomic mass is 10.1. The van der Waals surface area contributed by atoms with E-state index in [-0.39, 0.29) is 6.04 Å². The van der Waals surface area contributed by atoms with Gasteiger partial charge in [0, 0.05) is 19.3 Å². The molecule has 1 atom stereocenters. The Labute approximate surface area is 115 Å². The summed E-state index contributed by atoms with van der Waals surface area (Å²) in [6.07, 6.45) is 4.28. The van der Waals surface area contributed by atoms with Crippen molar-refractivity contribution in [2.45, 2.75) is 39.2 Å². The number of aryl methyl sites for hydroxylation is 1. The summed E-state index contributed by atoms with van der Waals surface area (Å²) in [5.41, 5.74) is 1.83. The third-order valence-electron chi connectivity index (χ3n) is 3.48. The molecule has 5 nitrogen and oxygen atoms in total. The SMILES string of the molecule is CC[C@@H](NS(=O)(=O)N1CCCC1)c1ncccc1C. The predicted molar refractivity (Wildman–Crippen MR) is 74.9 cm³/mol. The van der Waals surface area contributed by atoms with E-state index in [0.717, 1.165) is 24.1 Å². The van der Waals surface area contributed by atoms with Crippen molar-refractivity contribution >= 4 is 10.2 Å². The van der Waals surface area contributed by atoms with Gasteiger partial charge in [0.05, 0.1) is 11.7 Å². The van der Waals surface area contributed by atoms with Gasteiger partial charge in [-0.05, 0) is 37.8 Å². The van der Waals surface area contributed by atoms with Crippen LogP contribution in [0.15, 0.2) is 18.3 Å². The normalized spacial score (nSPS) is 18.6. The average molecular weight is 283 g/mol. The highest BCUT2D eigenvalue weighted by Crippen LogP contribution is 2.21. The number of pyridine rings is 1. The van der Waals surface area contributed by atoms with E-state index in [0.29, 0.717) is 19.5 Å². The van der Waals surface area contributed by atoms with Gasteiger partial charge in [-0.15, -0.1) is 0 Å². The Balaban J connectivity index is 2.17. The Bertz CT molecular complexity index is 524. The maximum absolute atomic E-state index is 12.3. The predicted octanol–water partition coefficient (Wildman–Crippen LogP) is 1.77. The fourth-order valence-corrected chi connectivity index (χ4v) is 3.90. The van der Waals surface area contributed by atoms with Crippen LogP contribution in [0.3, 0.4) is 0 Å². The molecular formula is C13H21N3O2S. The molecule has 0 radical (unpaired) electrons. The van der Waals surface area contributed by atoms with Crippen molar-refractivity contribution in [3.63, 3.8) is 0 Å². The van der Waals surface area contributed by atoms with Crippen molar-refractivity contribution in [3.05, 3.63) is 29.6 Å². The fraction of sp³-hybridized carbons (Fsp3) is 0.615. The number of nitrogens with one attached hydrogen (secondary N) is 1. The second-order valence-corrected chi connectivity index (χ2v) is 6.60. The molecule has 0 unspecified atom stereocenters. The third kappa shape index (κ3) is 3.32. The number of hydrogen-bond acceptors (Lipinski definition) is 3. The van der Waals surface area contributed by atoms with E-state index < -0.39 is 10.2 Å². The van der Waals surface area contributed by atoms with E-state index in [9.17, 15) is 8.42 Å². The van der Waals surface area contributed by atoms with Gasteiger partial charge in [-0.25, -0.2) is 0 Å². The maximum Gasteiger partial charge on any atom is 0.280 e. The van der Waals surface area contributed by atoms with Crippen molar-refractivity contribution < 1.29 is 8.42 Å². The average Bonchev–Trinajstić information content (AvgIpc) is 2.91. The zero-order chi connectivity index (χ0) is 13.9. The van der Waals surface area contributed by atoms with Crippen LogP contribution in [0.5, 0.6) is 0 Å². The maximum atomic E-state index is 12.3. The smallest absolute Gasteiger partial charge is 0.259 e. The van der Waals surface area contributed by atoms with Gasteiger partial charge in [0.2, 0.25) is 0 Å². The molecule has 0 aliphatic carbocycles. The minimum atomic E-state index is -3.39. The minimum absolute atomic E-state index is 0.258. The fourth-order valence-electron chi connectivity index (χ4n) is 2.38. The lowest BCUT2D eigenvalue weighted by Crippen LogP contribution is -2.41. The lowest BCUT2D eigenvalue weighted by Gasteiger charge is -2.22. The number of aromatic nitrogens is 1. The highest BCUT2D eigenvalue weighted by Gasteiger charge is 2.28. The van der Waals surface area contributed by atoms with E-state index in [4.69, 9.17) is 0 Å². The first-order chi connectivity index (χ1) is 9.04. The summed E-state index contributed by atoms with van der Waals surface area (Å²) in [5.74, 6) is 0. The van der Waals surface area contributed by atoms with E-state index in [1.165, 1.54) is 4.31 Å². The van der Waals surface area contributed by atoms with Crippen molar-refractivity contribution in [3.8, 4) is 0 Å². The molecule has 1 saturated heterocycles. The summed E-state index contributed by atoms with van der Waals surface area (Å²) in [4.78, 5) is 4.31. The van der Waals surface area contributed by atoms with E-state index in [1.54, 1.807) is 6.20 Å². The minimum Gasteiger partial charge on any atom is -0.259 e. The molecule has 0 saturated carbocycles. The largest absolute Gasteiger partial charge is 0.280 e. The van der Waals surface area contributed by atoms with Gasteiger partial charge in [0.25, 0.3) is 10.2 Å². The molecule has 1 N–H and O–H groups in total. The molecule has 1 fully saturated rings. The van der Waals surface area contributed by atoms with Gasteiger partial charge in [0.15, 0.2) is 0 Å². The lowest BCUT2D eigenvalue weighted by molar-refractivity contribution is 0.449.